The van der Waals surface area contributed by atoms with Crippen molar-refractivity contribution in [1.82, 2.24) is 9.88 Å². The normalized spacial score (nSPS) is 11.5. The lowest BCUT2D eigenvalue weighted by Crippen LogP contribution is -2.32. The number of para-hydroxylation sites is 1. The van der Waals surface area contributed by atoms with E-state index in [4.69, 9.17) is 23.2 Å². The van der Waals surface area contributed by atoms with Crippen molar-refractivity contribution in [3.05, 3.63) is 74.4 Å². The molecule has 0 aliphatic carbocycles. The number of nitrogens with zero attached hydrogens (tertiary/aromatic N) is 1. The van der Waals surface area contributed by atoms with E-state index in [-0.39, 0.29) is 5.43 Å². The van der Waals surface area contributed by atoms with Crippen LogP contribution in [0.15, 0.2) is 53.3 Å². The first-order valence-corrected chi connectivity index (χ1v) is 10.2. The van der Waals surface area contributed by atoms with E-state index in [0.717, 1.165) is 43.0 Å². The van der Waals surface area contributed by atoms with Gasteiger partial charge >= 0.3 is 0 Å². The van der Waals surface area contributed by atoms with Crippen molar-refractivity contribution in [1.29, 1.82) is 0 Å². The summed E-state index contributed by atoms with van der Waals surface area (Å²) in [6, 6.07) is 15.4. The number of anilines is 1. The van der Waals surface area contributed by atoms with Gasteiger partial charge in [-0.3, -0.25) is 9.69 Å². The molecule has 6 heteroatoms. The molecular formula is C22H25Cl2N3O. The molecular weight excluding hydrogens is 393 g/mol. The highest BCUT2D eigenvalue weighted by Gasteiger charge is 2.11. The van der Waals surface area contributed by atoms with Crippen LogP contribution in [0.2, 0.25) is 10.0 Å². The van der Waals surface area contributed by atoms with E-state index in [1.54, 1.807) is 6.07 Å². The fourth-order valence-electron chi connectivity index (χ4n) is 3.19. The standard InChI is InChI=1S/C22H25Cl2N3O/c1-15(2)27(14-16-8-9-18(23)19(24)12-16)11-5-10-25-22-13-21(28)17-6-3-4-7-20(17)26-22/h3-4,6-9,12-13,15H,5,10-11,14H2,1-2H3,(H2,25,26,28). The van der Waals surface area contributed by atoms with Crippen LogP contribution in [0, 0.1) is 0 Å². The highest BCUT2D eigenvalue weighted by molar-refractivity contribution is 6.42. The second-order valence-electron chi connectivity index (χ2n) is 7.19. The topological polar surface area (TPSA) is 48.1 Å². The fourth-order valence-corrected chi connectivity index (χ4v) is 3.51. The van der Waals surface area contributed by atoms with Gasteiger partial charge in [-0.1, -0.05) is 41.4 Å². The van der Waals surface area contributed by atoms with E-state index >= 15 is 0 Å². The van der Waals surface area contributed by atoms with Crippen LogP contribution in [-0.4, -0.2) is 29.0 Å². The molecule has 0 saturated heterocycles. The van der Waals surface area contributed by atoms with Crippen LogP contribution in [0.1, 0.15) is 25.8 Å². The average Bonchev–Trinajstić information content (AvgIpc) is 2.67. The molecule has 0 atom stereocenters. The Morgan fingerprint density at radius 2 is 1.86 bits per heavy atom. The van der Waals surface area contributed by atoms with Crippen molar-refractivity contribution in [3.63, 3.8) is 0 Å². The van der Waals surface area contributed by atoms with Gasteiger partial charge in [-0.2, -0.15) is 0 Å². The molecule has 0 saturated carbocycles. The Kier molecular flexibility index (Phi) is 7.00. The summed E-state index contributed by atoms with van der Waals surface area (Å²) in [4.78, 5) is 17.9. The first-order valence-electron chi connectivity index (χ1n) is 9.48. The van der Waals surface area contributed by atoms with E-state index in [9.17, 15) is 4.79 Å². The second kappa shape index (κ2) is 9.46. The number of nitrogens with one attached hydrogen (secondary N) is 2. The Morgan fingerprint density at radius 3 is 2.61 bits per heavy atom. The van der Waals surface area contributed by atoms with Gasteiger partial charge in [0.1, 0.15) is 5.82 Å². The van der Waals surface area contributed by atoms with Crippen molar-refractivity contribution in [2.75, 3.05) is 18.4 Å². The number of benzene rings is 2. The summed E-state index contributed by atoms with van der Waals surface area (Å²) in [6.07, 6.45) is 0.953. The Hall–Kier alpha value is -2.01. The zero-order chi connectivity index (χ0) is 20.1. The average molecular weight is 418 g/mol. The Morgan fingerprint density at radius 1 is 1.07 bits per heavy atom. The third kappa shape index (κ3) is 5.28. The van der Waals surface area contributed by atoms with E-state index in [1.165, 1.54) is 0 Å². The second-order valence-corrected chi connectivity index (χ2v) is 8.00. The molecule has 2 N–H and O–H groups in total. The first kappa shape index (κ1) is 20.7. The maximum absolute atomic E-state index is 12.2. The Bertz CT molecular complexity index is 1000. The third-order valence-corrected chi connectivity index (χ3v) is 5.51. The number of hydrogen-bond donors (Lipinski definition) is 2. The lowest BCUT2D eigenvalue weighted by atomic mass is 10.1. The summed E-state index contributed by atoms with van der Waals surface area (Å²) in [5.41, 5.74) is 2.02. The summed E-state index contributed by atoms with van der Waals surface area (Å²) in [5, 5.41) is 5.21. The van der Waals surface area contributed by atoms with E-state index < -0.39 is 0 Å². The molecule has 3 aromatic rings. The van der Waals surface area contributed by atoms with Gasteiger partial charge in [-0.15, -0.1) is 0 Å². The van der Waals surface area contributed by atoms with E-state index in [0.29, 0.717) is 21.5 Å². The largest absolute Gasteiger partial charge is 0.371 e. The van der Waals surface area contributed by atoms with Crippen molar-refractivity contribution in [2.45, 2.75) is 32.9 Å². The van der Waals surface area contributed by atoms with Crippen LogP contribution in [0.5, 0.6) is 0 Å². The van der Waals surface area contributed by atoms with Gasteiger partial charge < -0.3 is 10.3 Å². The zero-order valence-corrected chi connectivity index (χ0v) is 17.6. The molecule has 0 spiro atoms. The summed E-state index contributed by atoms with van der Waals surface area (Å²) in [7, 11) is 0. The Labute approximate surface area is 175 Å². The van der Waals surface area contributed by atoms with Gasteiger partial charge in [-0.05, 0) is 50.1 Å². The number of H-pyrrole nitrogens is 1. The molecule has 4 nitrogen and oxygen atoms in total. The third-order valence-electron chi connectivity index (χ3n) is 4.77. The molecule has 1 aromatic heterocycles. The maximum Gasteiger partial charge on any atom is 0.191 e. The monoisotopic (exact) mass is 417 g/mol. The van der Waals surface area contributed by atoms with Crippen LogP contribution >= 0.6 is 23.2 Å². The molecule has 0 aliphatic heterocycles. The van der Waals surface area contributed by atoms with Gasteiger partial charge in [0.15, 0.2) is 5.43 Å². The van der Waals surface area contributed by atoms with Crippen molar-refractivity contribution in [3.8, 4) is 0 Å². The summed E-state index contributed by atoms with van der Waals surface area (Å²) >= 11 is 12.1. The van der Waals surface area contributed by atoms with Crippen LogP contribution in [-0.2, 0) is 6.54 Å². The molecule has 28 heavy (non-hydrogen) atoms. The SMILES string of the molecule is CC(C)N(CCCNc1cc(=O)c2ccccc2[nH]1)Cc1ccc(Cl)c(Cl)c1. The smallest absolute Gasteiger partial charge is 0.191 e. The van der Waals surface area contributed by atoms with Gasteiger partial charge in [0.2, 0.25) is 0 Å². The zero-order valence-electron chi connectivity index (χ0n) is 16.1. The van der Waals surface area contributed by atoms with E-state index in [2.05, 4.69) is 29.0 Å². The van der Waals surface area contributed by atoms with Gasteiger partial charge in [0.25, 0.3) is 0 Å². The van der Waals surface area contributed by atoms with Crippen LogP contribution in [0.3, 0.4) is 0 Å². The number of aromatic amines is 1. The summed E-state index contributed by atoms with van der Waals surface area (Å²) < 4.78 is 0. The highest BCUT2D eigenvalue weighted by atomic mass is 35.5. The Balaban J connectivity index is 1.56. The lowest BCUT2D eigenvalue weighted by molar-refractivity contribution is 0.212. The fraction of sp³-hybridized carbons (Fsp3) is 0.318. The maximum atomic E-state index is 12.2. The van der Waals surface area contributed by atoms with Crippen molar-refractivity contribution >= 4 is 39.9 Å². The van der Waals surface area contributed by atoms with Gasteiger partial charge in [0.05, 0.1) is 15.6 Å². The molecule has 1 heterocycles. The highest BCUT2D eigenvalue weighted by Crippen LogP contribution is 2.23. The van der Waals surface area contributed by atoms with Crippen LogP contribution < -0.4 is 10.7 Å². The molecule has 2 aromatic carbocycles. The minimum Gasteiger partial charge on any atom is -0.371 e. The van der Waals surface area contributed by atoms with Crippen LogP contribution in [0.4, 0.5) is 5.82 Å². The number of halogens is 2. The number of hydrogen-bond acceptors (Lipinski definition) is 3. The number of fused-ring (bicyclic) bond motifs is 1. The predicted octanol–water partition coefficient (Wildman–Crippen LogP) is 5.55. The van der Waals surface area contributed by atoms with Crippen LogP contribution in [0.25, 0.3) is 10.9 Å². The number of pyridine rings is 1. The molecule has 148 valence electrons. The molecule has 0 aliphatic rings. The number of aromatic nitrogens is 1. The molecule has 0 amide bonds. The predicted molar refractivity (Wildman–Crippen MR) is 120 cm³/mol. The first-order chi connectivity index (χ1) is 13.4. The molecule has 0 unspecified atom stereocenters. The van der Waals surface area contributed by atoms with E-state index in [1.807, 2.05) is 42.5 Å². The van der Waals surface area contributed by atoms with Crippen molar-refractivity contribution < 1.29 is 0 Å². The molecule has 0 bridgehead atoms. The number of rotatable bonds is 8. The quantitative estimate of drug-likeness (QED) is 0.472. The van der Waals surface area contributed by atoms with Crippen molar-refractivity contribution in [2.24, 2.45) is 0 Å². The molecule has 3 rings (SSSR count). The summed E-state index contributed by atoms with van der Waals surface area (Å²) in [5.74, 6) is 0.754. The van der Waals surface area contributed by atoms with Gasteiger partial charge in [-0.25, -0.2) is 0 Å². The minimum atomic E-state index is 0.0280. The summed E-state index contributed by atoms with van der Waals surface area (Å²) in [6.45, 7) is 6.90. The van der Waals surface area contributed by atoms with Gasteiger partial charge in [0, 0.05) is 37.1 Å². The lowest BCUT2D eigenvalue weighted by Gasteiger charge is -2.26. The minimum absolute atomic E-state index is 0.0280. The molecule has 0 radical (unpaired) electrons. The molecule has 0 fully saturated rings.